The molecule has 0 aliphatic rings. The van der Waals surface area contributed by atoms with E-state index in [2.05, 4.69) is 16.4 Å². The summed E-state index contributed by atoms with van der Waals surface area (Å²) in [7, 11) is 0. The molecule has 70 valence electrons. The predicted octanol–water partition coefficient (Wildman–Crippen LogP) is 1.71. The maximum atomic E-state index is 11.3. The Morgan fingerprint density at radius 3 is 2.64 bits per heavy atom. The molecule has 4 heteroatoms. The molecule has 0 fully saturated rings. The summed E-state index contributed by atoms with van der Waals surface area (Å²) in [5.41, 5.74) is 7.75. The Morgan fingerprint density at radius 2 is 2.14 bits per heavy atom. The van der Waals surface area contributed by atoms with Crippen LogP contribution in [0.1, 0.15) is 10.4 Å². The summed E-state index contributed by atoms with van der Waals surface area (Å²) in [6.45, 7) is 0.212. The summed E-state index contributed by atoms with van der Waals surface area (Å²) in [5.74, 6) is 2.09. The van der Waals surface area contributed by atoms with Crippen LogP contribution in [0.3, 0.4) is 0 Å². The van der Waals surface area contributed by atoms with Crippen LogP contribution in [0.2, 0.25) is 0 Å². The second-order valence-corrected chi connectivity index (χ2v) is 2.55. The fourth-order valence-electron chi connectivity index (χ4n) is 0.921. The van der Waals surface area contributed by atoms with Crippen molar-refractivity contribution in [3.05, 3.63) is 29.8 Å². The second kappa shape index (κ2) is 4.77. The highest BCUT2D eigenvalue weighted by atomic mass is 16.1. The van der Waals surface area contributed by atoms with E-state index >= 15 is 0 Å². The largest absolute Gasteiger partial charge is 0.341 e. The van der Waals surface area contributed by atoms with Crippen molar-refractivity contribution in [2.75, 3.05) is 6.54 Å². The monoisotopic (exact) mass is 187 g/mol. The van der Waals surface area contributed by atoms with E-state index in [4.69, 9.17) is 12.0 Å². The standard InChI is InChI=1S/C10H9N3O/c1-2-7-12-10(14)8-3-5-9(13-11)6-4-8/h1,3-6,11H,7H2,(H,12,14). The summed E-state index contributed by atoms with van der Waals surface area (Å²) in [6.07, 6.45) is 5.00. The van der Waals surface area contributed by atoms with Crippen LogP contribution in [0, 0.1) is 17.9 Å². The minimum atomic E-state index is -0.223. The van der Waals surface area contributed by atoms with E-state index in [1.807, 2.05) is 0 Å². The molecular formula is C10H9N3O. The number of terminal acetylenes is 1. The molecule has 0 aromatic heterocycles. The molecule has 0 aliphatic carbocycles. The second-order valence-electron chi connectivity index (χ2n) is 2.55. The highest BCUT2D eigenvalue weighted by Gasteiger charge is 2.02. The van der Waals surface area contributed by atoms with E-state index in [-0.39, 0.29) is 12.5 Å². The molecule has 0 aliphatic heterocycles. The van der Waals surface area contributed by atoms with Crippen LogP contribution < -0.4 is 5.32 Å². The number of rotatable bonds is 3. The smallest absolute Gasteiger partial charge is 0.252 e. The lowest BCUT2D eigenvalue weighted by Gasteiger charge is -2.00. The van der Waals surface area contributed by atoms with Crippen LogP contribution >= 0.6 is 0 Å². The third-order valence-electron chi connectivity index (χ3n) is 1.61. The van der Waals surface area contributed by atoms with Crippen LogP contribution in [0.25, 0.3) is 0 Å². The lowest BCUT2D eigenvalue weighted by molar-refractivity contribution is 0.0958. The molecule has 0 saturated heterocycles. The molecule has 0 atom stereocenters. The van der Waals surface area contributed by atoms with Gasteiger partial charge in [-0.2, -0.15) is 5.11 Å². The van der Waals surface area contributed by atoms with E-state index in [1.165, 1.54) is 0 Å². The fourth-order valence-corrected chi connectivity index (χ4v) is 0.921. The van der Waals surface area contributed by atoms with E-state index in [0.717, 1.165) is 0 Å². The van der Waals surface area contributed by atoms with Crippen molar-refractivity contribution < 1.29 is 4.79 Å². The van der Waals surface area contributed by atoms with Crippen LogP contribution in [0.5, 0.6) is 0 Å². The molecule has 1 rings (SSSR count). The van der Waals surface area contributed by atoms with Crippen LogP contribution in [0.15, 0.2) is 29.4 Å². The summed E-state index contributed by atoms with van der Waals surface area (Å²) >= 11 is 0. The van der Waals surface area contributed by atoms with Crippen molar-refractivity contribution in [2.24, 2.45) is 5.11 Å². The third kappa shape index (κ3) is 2.42. The first-order valence-electron chi connectivity index (χ1n) is 3.97. The maximum absolute atomic E-state index is 11.3. The third-order valence-corrected chi connectivity index (χ3v) is 1.61. The van der Waals surface area contributed by atoms with Gasteiger partial charge in [-0.15, -0.1) is 6.42 Å². The molecule has 2 N–H and O–H groups in total. The summed E-state index contributed by atoms with van der Waals surface area (Å²) in [4.78, 5) is 11.3. The van der Waals surface area contributed by atoms with Gasteiger partial charge in [0.15, 0.2) is 0 Å². The number of hydrogen-bond acceptors (Lipinski definition) is 3. The maximum Gasteiger partial charge on any atom is 0.252 e. The quantitative estimate of drug-likeness (QED) is 0.549. The van der Waals surface area contributed by atoms with Gasteiger partial charge in [0.1, 0.15) is 0 Å². The summed E-state index contributed by atoms with van der Waals surface area (Å²) < 4.78 is 0. The molecule has 0 bridgehead atoms. The van der Waals surface area contributed by atoms with Gasteiger partial charge >= 0.3 is 0 Å². The first-order chi connectivity index (χ1) is 6.77. The first-order valence-corrected chi connectivity index (χ1v) is 3.97. The Kier molecular flexibility index (Phi) is 3.39. The van der Waals surface area contributed by atoms with E-state index in [9.17, 15) is 4.79 Å². The molecule has 0 heterocycles. The molecule has 1 aromatic rings. The number of carbonyl (C=O) groups is 1. The Hall–Kier alpha value is -2.15. The van der Waals surface area contributed by atoms with Gasteiger partial charge in [-0.3, -0.25) is 4.79 Å². The van der Waals surface area contributed by atoms with Gasteiger partial charge in [0.05, 0.1) is 12.2 Å². The van der Waals surface area contributed by atoms with Gasteiger partial charge in [0, 0.05) is 5.56 Å². The molecule has 0 saturated carbocycles. The Balaban J connectivity index is 2.72. The number of benzene rings is 1. The zero-order valence-corrected chi connectivity index (χ0v) is 7.45. The van der Waals surface area contributed by atoms with E-state index < -0.39 is 0 Å². The number of nitrogens with zero attached hydrogens (tertiary/aromatic N) is 1. The topological polar surface area (TPSA) is 65.3 Å². The summed E-state index contributed by atoms with van der Waals surface area (Å²) in [5, 5.41) is 5.75. The van der Waals surface area contributed by atoms with Crippen LogP contribution in [-0.2, 0) is 0 Å². The normalized spacial score (nSPS) is 8.79. The van der Waals surface area contributed by atoms with Gasteiger partial charge in [0.2, 0.25) is 0 Å². The lowest BCUT2D eigenvalue weighted by atomic mass is 10.2. The van der Waals surface area contributed by atoms with Gasteiger partial charge in [-0.1, -0.05) is 5.92 Å². The van der Waals surface area contributed by atoms with Gasteiger partial charge in [-0.05, 0) is 24.3 Å². The number of nitrogens with one attached hydrogen (secondary N) is 2. The minimum Gasteiger partial charge on any atom is -0.341 e. The Morgan fingerprint density at radius 1 is 1.50 bits per heavy atom. The van der Waals surface area contributed by atoms with E-state index in [1.54, 1.807) is 24.3 Å². The molecule has 0 spiro atoms. The van der Waals surface area contributed by atoms with Crippen molar-refractivity contribution in [2.45, 2.75) is 0 Å². The lowest BCUT2D eigenvalue weighted by Crippen LogP contribution is -2.23. The molecule has 14 heavy (non-hydrogen) atoms. The van der Waals surface area contributed by atoms with Crippen molar-refractivity contribution in [1.82, 2.24) is 5.32 Å². The van der Waals surface area contributed by atoms with Crippen molar-refractivity contribution in [3.8, 4) is 12.3 Å². The molecule has 1 aromatic carbocycles. The van der Waals surface area contributed by atoms with Gasteiger partial charge < -0.3 is 5.32 Å². The average molecular weight is 187 g/mol. The highest BCUT2D eigenvalue weighted by molar-refractivity contribution is 5.94. The highest BCUT2D eigenvalue weighted by Crippen LogP contribution is 2.11. The molecule has 1 amide bonds. The van der Waals surface area contributed by atoms with Crippen molar-refractivity contribution >= 4 is 11.6 Å². The minimum absolute atomic E-state index is 0.212. The van der Waals surface area contributed by atoms with Gasteiger partial charge in [0.25, 0.3) is 5.91 Å². The Labute approximate surface area is 81.8 Å². The number of carbonyl (C=O) groups excluding carboxylic acids is 1. The van der Waals surface area contributed by atoms with Crippen molar-refractivity contribution in [3.63, 3.8) is 0 Å². The van der Waals surface area contributed by atoms with Crippen LogP contribution in [-0.4, -0.2) is 12.5 Å². The Bertz CT molecular complexity index is 375. The number of amides is 1. The first kappa shape index (κ1) is 9.93. The molecule has 4 nitrogen and oxygen atoms in total. The average Bonchev–Trinajstić information content (AvgIpc) is 2.26. The van der Waals surface area contributed by atoms with Crippen molar-refractivity contribution in [1.29, 1.82) is 5.53 Å². The molecule has 0 radical (unpaired) electrons. The van der Waals surface area contributed by atoms with E-state index in [0.29, 0.717) is 11.3 Å². The predicted molar refractivity (Wildman–Crippen MR) is 52.4 cm³/mol. The zero-order valence-electron chi connectivity index (χ0n) is 7.45. The fraction of sp³-hybridized carbons (Fsp3) is 0.100. The SMILES string of the molecule is C#CCNC(=O)c1ccc(N=N)cc1. The zero-order chi connectivity index (χ0) is 10.4. The molecule has 0 unspecified atom stereocenters. The van der Waals surface area contributed by atoms with Crippen LogP contribution in [0.4, 0.5) is 5.69 Å². The number of hydrogen-bond donors (Lipinski definition) is 2. The van der Waals surface area contributed by atoms with Gasteiger partial charge in [-0.25, -0.2) is 5.53 Å². The molecular weight excluding hydrogens is 178 g/mol. The summed E-state index contributed by atoms with van der Waals surface area (Å²) in [6, 6.07) is 6.38.